The zero-order valence-corrected chi connectivity index (χ0v) is 49.6. The van der Waals surface area contributed by atoms with Gasteiger partial charge in [-0.25, -0.2) is 24.1 Å². The number of benzene rings is 1. The lowest BCUT2D eigenvalue weighted by Gasteiger charge is -2.21. The highest BCUT2D eigenvalue weighted by molar-refractivity contribution is 8.00. The lowest BCUT2D eigenvalue weighted by molar-refractivity contribution is -0.766. The van der Waals surface area contributed by atoms with Gasteiger partial charge < -0.3 is 72.1 Å². The Kier molecular flexibility index (Phi) is 25.6. The average Bonchev–Trinajstić information content (AvgIpc) is 2.68. The molecular weight excluding hydrogens is 1210 g/mol. The van der Waals surface area contributed by atoms with Crippen molar-refractivity contribution in [2.75, 3.05) is 77.1 Å². The van der Waals surface area contributed by atoms with E-state index in [1.54, 1.807) is 0 Å². The van der Waals surface area contributed by atoms with Crippen LogP contribution < -0.4 is 42.5 Å². The number of nitrogens with zero attached hydrogens (tertiary/aromatic N) is 10. The Hall–Kier alpha value is -6.40. The number of nitrogens with two attached hydrogens (primary N) is 3. The fourth-order valence-corrected chi connectivity index (χ4v) is 12.7. The first-order valence-electron chi connectivity index (χ1n) is 27.7. The molecule has 3 saturated heterocycles. The molecular formula is C49H71N16O19P2S+. The number of imide groups is 1. The van der Waals surface area contributed by atoms with E-state index in [0.717, 1.165) is 63.1 Å². The van der Waals surface area contributed by atoms with Gasteiger partial charge in [-0.05, 0) is 101 Å². The Morgan fingerprint density at radius 1 is 0.966 bits per heavy atom. The molecule has 3 fully saturated rings. The summed E-state index contributed by atoms with van der Waals surface area (Å²) < 4.78 is 67.1. The van der Waals surface area contributed by atoms with Gasteiger partial charge >= 0.3 is 15.6 Å². The summed E-state index contributed by atoms with van der Waals surface area (Å²) in [5.41, 5.74) is 26.4. The average molecular weight is 1280 g/mol. The molecule has 0 aliphatic carbocycles. The number of nitro benzene ring substituents is 1. The molecule has 6 heterocycles. The van der Waals surface area contributed by atoms with Crippen molar-refractivity contribution in [2.24, 2.45) is 16.6 Å². The molecule has 35 nitrogen and oxygen atoms in total. The molecule has 4 amide bonds. The first-order valence-corrected chi connectivity index (χ1v) is 31.7. The number of nitrogen functional groups attached to an aromatic ring is 1. The van der Waals surface area contributed by atoms with Crippen molar-refractivity contribution >= 4 is 73.7 Å². The summed E-state index contributed by atoms with van der Waals surface area (Å²) >= 11 is 1.32. The van der Waals surface area contributed by atoms with E-state index < -0.39 is 106 Å². The number of nitro groups is 1. The van der Waals surface area contributed by atoms with Crippen molar-refractivity contribution in [1.82, 2.24) is 40.4 Å². The van der Waals surface area contributed by atoms with E-state index in [9.17, 15) is 64.0 Å². The van der Waals surface area contributed by atoms with Crippen molar-refractivity contribution in [3.05, 3.63) is 87.1 Å². The molecule has 3 aliphatic rings. The number of fused-ring (bicyclic) bond motifs is 1. The van der Waals surface area contributed by atoms with E-state index in [1.807, 2.05) is 0 Å². The number of hydrogen-bond donors (Lipinski definition) is 10. The van der Waals surface area contributed by atoms with Gasteiger partial charge in [-0.3, -0.25) is 47.8 Å². The van der Waals surface area contributed by atoms with Crippen LogP contribution in [-0.2, 0) is 57.7 Å². The Morgan fingerprint density at radius 3 is 2.40 bits per heavy atom. The lowest BCUT2D eigenvalue weighted by atomic mass is 10.1. The van der Waals surface area contributed by atoms with Gasteiger partial charge in [0, 0.05) is 43.0 Å². The van der Waals surface area contributed by atoms with Crippen molar-refractivity contribution in [2.45, 2.75) is 112 Å². The largest absolute Gasteiger partial charge is 0.494 e. The van der Waals surface area contributed by atoms with Gasteiger partial charge in [0.2, 0.25) is 17.7 Å². The van der Waals surface area contributed by atoms with Gasteiger partial charge in [0.25, 0.3) is 17.8 Å². The fourth-order valence-electron chi connectivity index (χ4n) is 9.43. The molecule has 476 valence electrons. The van der Waals surface area contributed by atoms with E-state index in [-0.39, 0.29) is 77.6 Å². The van der Waals surface area contributed by atoms with Crippen LogP contribution in [0.15, 0.2) is 60.5 Å². The van der Waals surface area contributed by atoms with Crippen LogP contribution in [0.5, 0.6) is 5.75 Å². The van der Waals surface area contributed by atoms with Crippen LogP contribution >= 0.6 is 27.4 Å². The summed E-state index contributed by atoms with van der Waals surface area (Å²) in [6.07, 6.45) is -0.816. The predicted molar refractivity (Wildman–Crippen MR) is 305 cm³/mol. The molecule has 3 aliphatic heterocycles. The predicted octanol–water partition coefficient (Wildman–Crippen LogP) is 0.659. The summed E-state index contributed by atoms with van der Waals surface area (Å²) in [4.78, 5) is 99.2. The maximum atomic E-state index is 13.2. The number of aliphatic hydroxyl groups is 2. The van der Waals surface area contributed by atoms with E-state index in [2.05, 4.69) is 45.2 Å². The van der Waals surface area contributed by atoms with E-state index >= 15 is 0 Å². The summed E-state index contributed by atoms with van der Waals surface area (Å²) in [6.45, 7) is 2.20. The Morgan fingerprint density at radius 2 is 1.69 bits per heavy atom. The van der Waals surface area contributed by atoms with E-state index in [0.29, 0.717) is 31.7 Å². The molecule has 3 unspecified atom stereocenters. The third-order valence-corrected chi connectivity index (χ3v) is 17.7. The van der Waals surface area contributed by atoms with Crippen molar-refractivity contribution in [1.29, 1.82) is 0 Å². The molecule has 11 atom stereocenters. The second-order valence-electron chi connectivity index (χ2n) is 20.0. The molecule has 0 radical (unpaired) electrons. The fraction of sp³-hybridized carbons (Fsp3) is 0.592. The number of aromatic nitrogens is 5. The first kappa shape index (κ1) is 68.1. The highest BCUT2D eigenvalue weighted by Gasteiger charge is 2.52. The van der Waals surface area contributed by atoms with Gasteiger partial charge in [-0.1, -0.05) is 5.11 Å². The number of azide groups is 1. The number of hydrogen-bond acceptors (Lipinski definition) is 26. The van der Waals surface area contributed by atoms with Crippen LogP contribution in [0.4, 0.5) is 11.5 Å². The smallest absolute Gasteiger partial charge is 0.481 e. The number of phosphoric acid groups is 2. The Bertz CT molecular complexity index is 3170. The third-order valence-electron chi connectivity index (χ3n) is 13.8. The number of nitrogens with one attached hydrogen (secondary N) is 3. The molecule has 4 aromatic rings. The quantitative estimate of drug-likeness (QED) is 0.00339. The number of primary amides is 1. The minimum atomic E-state index is -5.63. The molecule has 1 aromatic carbocycles. The number of carbonyl (C=O) groups is 4. The number of pyridine rings is 1. The number of anilines is 1. The number of unbranched alkanes of at least 4 members (excludes halogenated alkanes) is 2. The Labute approximate surface area is 501 Å². The molecule has 3 aromatic heterocycles. The standard InChI is InChI=1S/C49H70N16O19P2S/c50-12-6-15-54-13-1-2-14-55-16-7-17-56-37(66)11-19-63-38(67)23-36(47(63)71)87-21-4-3-20-78-32-9-10-33(65(72)73)31(22-32)25-79-43-39(60-61-53)34(82-49(43)62-18-5-8-30(24-62)45(52)70)26-80-85(74,75)84-86(76,77)81-27-35-41(68)42(69)48(83-35)64-29-59-40-44(51)57-28-58-46(40)64/h5,8-10,18,22,24,28-29,34-36,39,41-43,48-49,54-55,68-69H,1-4,6-7,11-17,19-21,23,25-27,50H2,(H6-,51,52,56,57,58,66,70,74,75,76,77)/p+1/t34-,35-,36?,39-,41-,42-,43-,48-,49-/m1/s1. The maximum absolute atomic E-state index is 13.2. The van der Waals surface area contributed by atoms with Gasteiger partial charge in [-0.15, -0.1) is 11.8 Å². The molecule has 38 heteroatoms. The van der Waals surface area contributed by atoms with Gasteiger partial charge in [0.05, 0.1) is 54.6 Å². The topological polar surface area (TPSA) is 505 Å². The monoisotopic (exact) mass is 1280 g/mol. The number of rotatable bonds is 38. The summed E-state index contributed by atoms with van der Waals surface area (Å²) in [6, 6.07) is 5.20. The zero-order valence-electron chi connectivity index (χ0n) is 47.0. The molecule has 0 bridgehead atoms. The van der Waals surface area contributed by atoms with Crippen LogP contribution in [0.3, 0.4) is 0 Å². The van der Waals surface area contributed by atoms with Gasteiger partial charge in [-0.2, -0.15) is 8.88 Å². The number of thioether (sulfide) groups is 1. The number of carbonyl (C=O) groups excluding carboxylic acids is 4. The molecule has 13 N–H and O–H groups in total. The first-order chi connectivity index (χ1) is 41.7. The van der Waals surface area contributed by atoms with Crippen LogP contribution in [0.1, 0.15) is 79.7 Å². The number of amides is 4. The summed E-state index contributed by atoms with van der Waals surface area (Å²) in [5.74, 6) is -1.08. The maximum Gasteiger partial charge on any atom is 0.481 e. The van der Waals surface area contributed by atoms with Crippen molar-refractivity contribution < 1.29 is 90.1 Å². The van der Waals surface area contributed by atoms with Gasteiger partial charge in [0.1, 0.15) is 47.5 Å². The SMILES string of the molecule is [N-]=[N+]=N[C@H]1[C@@H](OCc2cc(OCCCCSC3CC(=O)N(CCC(=O)NCCCNCCCCNCCCN)C3=O)ccc2[N+](=O)[O-])[C@H]([n+]2cccc(C(N)=O)c2)O[C@@H]1COP(=O)(O)OP(=O)(O)OC[C@H]1O[C@@H](n2cnc3c(N)ncnc32)[C@H](O)[C@@H]1O. The van der Waals surface area contributed by atoms with Gasteiger partial charge in [0.15, 0.2) is 36.2 Å². The summed E-state index contributed by atoms with van der Waals surface area (Å²) in [7, 11) is -11.2. The molecule has 0 saturated carbocycles. The van der Waals surface area contributed by atoms with Crippen LogP contribution in [0, 0.1) is 10.1 Å². The number of likely N-dealkylation sites (tertiary alicyclic amines) is 1. The second-order valence-corrected chi connectivity index (χ2v) is 24.4. The minimum Gasteiger partial charge on any atom is -0.494 e. The number of ether oxygens (including phenoxy) is 4. The van der Waals surface area contributed by atoms with Crippen molar-refractivity contribution in [3.63, 3.8) is 0 Å². The number of phosphoric ester groups is 2. The van der Waals surface area contributed by atoms with Crippen LogP contribution in [-0.4, -0.2) is 186 Å². The zero-order chi connectivity index (χ0) is 62.7. The van der Waals surface area contributed by atoms with Crippen molar-refractivity contribution in [3.8, 4) is 5.75 Å². The number of aliphatic hydroxyl groups excluding tert-OH is 2. The highest BCUT2D eigenvalue weighted by Crippen LogP contribution is 2.61. The normalized spacial score (nSPS) is 23.4. The number of imidazole rings is 1. The summed E-state index contributed by atoms with van der Waals surface area (Å²) in [5, 5.41) is 46.4. The minimum absolute atomic E-state index is 0.00330. The third kappa shape index (κ3) is 19.3. The molecule has 7 rings (SSSR count). The van der Waals surface area contributed by atoms with Crippen LogP contribution in [0.25, 0.3) is 21.6 Å². The van der Waals surface area contributed by atoms with E-state index in [4.69, 9.17) is 45.2 Å². The lowest BCUT2D eigenvalue weighted by Crippen LogP contribution is -2.47. The van der Waals surface area contributed by atoms with E-state index in [1.165, 1.54) is 69.9 Å². The highest BCUT2D eigenvalue weighted by atomic mass is 32.2. The molecule has 0 spiro atoms. The van der Waals surface area contributed by atoms with Crippen LogP contribution in [0.2, 0.25) is 0 Å². The Balaban J connectivity index is 0.881. The molecule has 87 heavy (non-hydrogen) atoms. The second kappa shape index (κ2) is 32.7.